The summed E-state index contributed by atoms with van der Waals surface area (Å²) in [5, 5.41) is 0.186. The molecule has 0 saturated carbocycles. The molecule has 10 heteroatoms. The van der Waals surface area contributed by atoms with Crippen molar-refractivity contribution >= 4 is 40.2 Å². The lowest BCUT2D eigenvalue weighted by molar-refractivity contribution is -0.136. The summed E-state index contributed by atoms with van der Waals surface area (Å²) in [5.41, 5.74) is 2.43. The van der Waals surface area contributed by atoms with Gasteiger partial charge in [-0.05, 0) is 36.6 Å². The minimum absolute atomic E-state index is 0.0404. The van der Waals surface area contributed by atoms with E-state index in [1.807, 2.05) is 23.1 Å². The highest BCUT2D eigenvalue weighted by atomic mass is 35.5. The number of piperazine rings is 1. The van der Waals surface area contributed by atoms with E-state index in [4.69, 9.17) is 16.3 Å². The number of amides is 1. The number of anilines is 2. The largest absolute Gasteiger partial charge is 0.495 e. The predicted molar refractivity (Wildman–Crippen MR) is 123 cm³/mol. The fourth-order valence-electron chi connectivity index (χ4n) is 4.68. The third-order valence-corrected chi connectivity index (χ3v) is 6.57. The maximum atomic E-state index is 13.2. The molecule has 2 aromatic heterocycles. The molecule has 32 heavy (non-hydrogen) atoms. The van der Waals surface area contributed by atoms with E-state index in [9.17, 15) is 4.79 Å². The van der Waals surface area contributed by atoms with Gasteiger partial charge in [0, 0.05) is 45.2 Å². The molecule has 5 rings (SSSR count). The Morgan fingerprint density at radius 2 is 1.81 bits per heavy atom. The van der Waals surface area contributed by atoms with Crippen LogP contribution in [0.4, 0.5) is 11.5 Å². The number of hydrogen-bond donors (Lipinski definition) is 1. The fourth-order valence-corrected chi connectivity index (χ4v) is 4.84. The maximum absolute atomic E-state index is 13.2. The molecular weight excluding hydrogens is 430 g/mol. The van der Waals surface area contributed by atoms with Crippen LogP contribution in [-0.4, -0.2) is 77.1 Å². The molecule has 168 valence electrons. The number of methoxy groups -OCH3 is 1. The number of aromatic amines is 1. The second-order valence-electron chi connectivity index (χ2n) is 8.16. The molecule has 9 nitrogen and oxygen atoms in total. The maximum Gasteiger partial charge on any atom is 0.226 e. The number of piperidine rings is 1. The summed E-state index contributed by atoms with van der Waals surface area (Å²) < 4.78 is 5.49. The van der Waals surface area contributed by atoms with Gasteiger partial charge in [0.1, 0.15) is 11.3 Å². The number of imidazole rings is 1. The Morgan fingerprint density at radius 3 is 2.56 bits per heavy atom. The summed E-state index contributed by atoms with van der Waals surface area (Å²) in [4.78, 5) is 35.5. The Kier molecular flexibility index (Phi) is 5.73. The molecule has 2 aliphatic heterocycles. The first-order valence-corrected chi connectivity index (χ1v) is 11.3. The van der Waals surface area contributed by atoms with E-state index in [1.54, 1.807) is 13.4 Å². The number of rotatable bonds is 4. The van der Waals surface area contributed by atoms with Crippen LogP contribution in [0.3, 0.4) is 0 Å². The third kappa shape index (κ3) is 3.92. The van der Waals surface area contributed by atoms with Crippen LogP contribution < -0.4 is 14.5 Å². The number of aromatic nitrogens is 4. The third-order valence-electron chi connectivity index (χ3n) is 6.40. The number of carbonyl (C=O) groups is 1. The quantitative estimate of drug-likeness (QED) is 0.604. The minimum atomic E-state index is 0.0404. The van der Waals surface area contributed by atoms with Gasteiger partial charge in [-0.2, -0.15) is 9.97 Å². The number of fused-ring (bicyclic) bond motifs is 1. The van der Waals surface area contributed by atoms with Crippen LogP contribution in [0.2, 0.25) is 5.28 Å². The highest BCUT2D eigenvalue weighted by Crippen LogP contribution is 2.30. The van der Waals surface area contributed by atoms with Gasteiger partial charge in [-0.3, -0.25) is 4.79 Å². The Balaban J connectivity index is 1.19. The molecule has 3 aromatic rings. The van der Waals surface area contributed by atoms with Gasteiger partial charge in [0.25, 0.3) is 0 Å². The van der Waals surface area contributed by atoms with Crippen LogP contribution in [0.5, 0.6) is 5.75 Å². The van der Waals surface area contributed by atoms with E-state index in [2.05, 4.69) is 35.8 Å². The van der Waals surface area contributed by atoms with E-state index in [0.29, 0.717) is 5.65 Å². The molecule has 0 aliphatic carbocycles. The monoisotopic (exact) mass is 455 g/mol. The number of nitrogens with zero attached hydrogens (tertiary/aromatic N) is 6. The lowest BCUT2D eigenvalue weighted by Gasteiger charge is -2.39. The van der Waals surface area contributed by atoms with Crippen molar-refractivity contribution in [3.8, 4) is 5.75 Å². The zero-order valence-corrected chi connectivity index (χ0v) is 18.8. The predicted octanol–water partition coefficient (Wildman–Crippen LogP) is 2.58. The summed E-state index contributed by atoms with van der Waals surface area (Å²) in [6.07, 6.45) is 3.19. The van der Waals surface area contributed by atoms with Gasteiger partial charge >= 0.3 is 0 Å². The summed E-state index contributed by atoms with van der Waals surface area (Å²) >= 11 is 6.08. The molecular formula is C22H26ClN7O2. The summed E-state index contributed by atoms with van der Waals surface area (Å²) in [6, 6.07) is 8.04. The molecule has 0 atom stereocenters. The average molecular weight is 456 g/mol. The van der Waals surface area contributed by atoms with Crippen LogP contribution in [0, 0.1) is 5.92 Å². The van der Waals surface area contributed by atoms with Crippen LogP contribution in [0.1, 0.15) is 12.8 Å². The summed E-state index contributed by atoms with van der Waals surface area (Å²) in [7, 11) is 1.69. The fraction of sp³-hybridized carbons (Fsp3) is 0.455. The molecule has 2 saturated heterocycles. The SMILES string of the molecule is COc1ccccc1N1CCN(C(=O)C2CCN(c3nc(Cl)nc4nc[nH]c34)CC2)CC1. The summed E-state index contributed by atoms with van der Waals surface area (Å²) in [6.45, 7) is 4.57. The Labute approximate surface area is 191 Å². The first-order valence-electron chi connectivity index (χ1n) is 10.9. The minimum Gasteiger partial charge on any atom is -0.495 e. The number of nitrogens with one attached hydrogen (secondary N) is 1. The van der Waals surface area contributed by atoms with Crippen molar-refractivity contribution in [2.24, 2.45) is 5.92 Å². The van der Waals surface area contributed by atoms with Crippen molar-refractivity contribution in [1.82, 2.24) is 24.8 Å². The van der Waals surface area contributed by atoms with Crippen molar-refractivity contribution in [3.63, 3.8) is 0 Å². The Hall–Kier alpha value is -3.07. The van der Waals surface area contributed by atoms with Crippen molar-refractivity contribution in [3.05, 3.63) is 35.9 Å². The number of ether oxygens (including phenoxy) is 1. The molecule has 0 radical (unpaired) electrons. The molecule has 4 heterocycles. The van der Waals surface area contributed by atoms with Gasteiger partial charge in [0.2, 0.25) is 11.2 Å². The zero-order valence-electron chi connectivity index (χ0n) is 18.0. The number of benzene rings is 1. The molecule has 2 aliphatic rings. The highest BCUT2D eigenvalue weighted by Gasteiger charge is 2.32. The number of hydrogen-bond acceptors (Lipinski definition) is 7. The summed E-state index contributed by atoms with van der Waals surface area (Å²) in [5.74, 6) is 1.93. The van der Waals surface area contributed by atoms with Gasteiger partial charge in [0.05, 0.1) is 19.1 Å². The lowest BCUT2D eigenvalue weighted by atomic mass is 9.95. The van der Waals surface area contributed by atoms with Crippen LogP contribution >= 0.6 is 11.6 Å². The number of carbonyl (C=O) groups excluding carboxylic acids is 1. The molecule has 2 fully saturated rings. The van der Waals surface area contributed by atoms with E-state index in [-0.39, 0.29) is 17.1 Å². The second kappa shape index (κ2) is 8.82. The molecule has 1 N–H and O–H groups in total. The van der Waals surface area contributed by atoms with Crippen molar-refractivity contribution in [2.75, 3.05) is 56.2 Å². The van der Waals surface area contributed by atoms with Gasteiger partial charge < -0.3 is 24.4 Å². The van der Waals surface area contributed by atoms with E-state index < -0.39 is 0 Å². The second-order valence-corrected chi connectivity index (χ2v) is 8.50. The normalized spacial score (nSPS) is 17.8. The lowest BCUT2D eigenvalue weighted by Crippen LogP contribution is -2.51. The van der Waals surface area contributed by atoms with Gasteiger partial charge in [-0.25, -0.2) is 4.98 Å². The van der Waals surface area contributed by atoms with Crippen molar-refractivity contribution in [2.45, 2.75) is 12.8 Å². The molecule has 0 spiro atoms. The number of halogens is 1. The highest BCUT2D eigenvalue weighted by molar-refractivity contribution is 6.28. The van der Waals surface area contributed by atoms with E-state index in [1.165, 1.54) is 0 Å². The average Bonchev–Trinajstić information content (AvgIpc) is 3.32. The van der Waals surface area contributed by atoms with Crippen LogP contribution in [0.25, 0.3) is 11.2 Å². The van der Waals surface area contributed by atoms with E-state index in [0.717, 1.165) is 74.9 Å². The van der Waals surface area contributed by atoms with Crippen LogP contribution in [0.15, 0.2) is 30.6 Å². The smallest absolute Gasteiger partial charge is 0.226 e. The number of para-hydroxylation sites is 2. The van der Waals surface area contributed by atoms with Gasteiger partial charge in [0.15, 0.2) is 11.5 Å². The number of H-pyrrole nitrogens is 1. The van der Waals surface area contributed by atoms with Crippen molar-refractivity contribution < 1.29 is 9.53 Å². The first-order chi connectivity index (χ1) is 15.6. The molecule has 1 aromatic carbocycles. The van der Waals surface area contributed by atoms with Crippen molar-refractivity contribution in [1.29, 1.82) is 0 Å². The Bertz CT molecular complexity index is 1100. The van der Waals surface area contributed by atoms with Crippen LogP contribution in [-0.2, 0) is 4.79 Å². The standard InChI is InChI=1S/C22H26ClN7O2/c1-32-17-5-3-2-4-16(17)28-10-12-30(13-11-28)21(31)15-6-8-29(9-7-15)20-18-19(25-14-24-18)26-22(23)27-20/h2-5,14-15H,6-13H2,1H3,(H,24,25,26,27). The van der Waals surface area contributed by atoms with E-state index >= 15 is 0 Å². The first kappa shape index (κ1) is 20.8. The molecule has 1 amide bonds. The Morgan fingerprint density at radius 1 is 1.06 bits per heavy atom. The topological polar surface area (TPSA) is 90.5 Å². The zero-order chi connectivity index (χ0) is 22.1. The molecule has 0 unspecified atom stereocenters. The molecule has 0 bridgehead atoms. The van der Waals surface area contributed by atoms with Gasteiger partial charge in [-0.1, -0.05) is 12.1 Å². The van der Waals surface area contributed by atoms with Gasteiger partial charge in [-0.15, -0.1) is 0 Å².